The molecule has 6 heteroatoms. The van der Waals surface area contributed by atoms with Crippen molar-refractivity contribution in [1.29, 1.82) is 0 Å². The third kappa shape index (κ3) is 11.1. The van der Waals surface area contributed by atoms with Gasteiger partial charge < -0.3 is 20.5 Å². The number of nitrogens with one attached hydrogen (secondary N) is 2. The summed E-state index contributed by atoms with van der Waals surface area (Å²) in [5.74, 6) is 1.20. The van der Waals surface area contributed by atoms with Gasteiger partial charge in [0.05, 0.1) is 19.3 Å². The van der Waals surface area contributed by atoms with Crippen LogP contribution in [0.3, 0.4) is 0 Å². The second-order valence-electron chi connectivity index (χ2n) is 6.43. The number of benzene rings is 1. The van der Waals surface area contributed by atoms with Crippen molar-refractivity contribution in [2.75, 3.05) is 32.8 Å². The van der Waals surface area contributed by atoms with E-state index in [2.05, 4.69) is 60.7 Å². The molecule has 0 saturated heterocycles. The van der Waals surface area contributed by atoms with Gasteiger partial charge in [0.1, 0.15) is 0 Å². The quantitative estimate of drug-likeness (QED) is 0.319. The zero-order chi connectivity index (χ0) is 18.5. The van der Waals surface area contributed by atoms with Crippen LogP contribution in [0.5, 0.6) is 0 Å². The summed E-state index contributed by atoms with van der Waals surface area (Å²) in [4.78, 5) is 5.71. The number of nitrogens with zero attached hydrogens (tertiary/aromatic N) is 1. The van der Waals surface area contributed by atoms with Gasteiger partial charge in [-0.3, -0.25) is 4.99 Å². The minimum Gasteiger partial charge on any atom is -0.389 e. The van der Waals surface area contributed by atoms with E-state index in [0.717, 1.165) is 19.0 Å². The standard InChI is InChI=1S/C19H33N3O2S/c1-5-20-19(22-12-17(23)14-24-13-15(2)3)21-11-16(4)25-18-9-7-6-8-10-18/h6-10,15-17,23H,5,11-14H2,1-4H3,(H2,20,21,22). The Hall–Kier alpha value is -1.24. The monoisotopic (exact) mass is 367 g/mol. The molecule has 0 aliphatic rings. The molecule has 0 aliphatic carbocycles. The third-order valence-corrected chi connectivity index (χ3v) is 4.32. The van der Waals surface area contributed by atoms with Gasteiger partial charge in [-0.15, -0.1) is 11.8 Å². The highest BCUT2D eigenvalue weighted by Crippen LogP contribution is 2.21. The van der Waals surface area contributed by atoms with Crippen molar-refractivity contribution < 1.29 is 9.84 Å². The van der Waals surface area contributed by atoms with E-state index in [-0.39, 0.29) is 0 Å². The lowest BCUT2D eigenvalue weighted by molar-refractivity contribution is 0.0301. The van der Waals surface area contributed by atoms with Gasteiger partial charge in [-0.25, -0.2) is 0 Å². The van der Waals surface area contributed by atoms with Crippen LogP contribution in [0, 0.1) is 5.92 Å². The fourth-order valence-electron chi connectivity index (χ4n) is 2.04. The molecule has 0 heterocycles. The fraction of sp³-hybridized carbons (Fsp3) is 0.632. The molecule has 5 nitrogen and oxygen atoms in total. The molecule has 0 aliphatic heterocycles. The predicted molar refractivity (Wildman–Crippen MR) is 107 cm³/mol. The average molecular weight is 368 g/mol. The van der Waals surface area contributed by atoms with Crippen molar-refractivity contribution in [2.24, 2.45) is 10.9 Å². The summed E-state index contributed by atoms with van der Waals surface area (Å²) in [5, 5.41) is 16.9. The van der Waals surface area contributed by atoms with Crippen LogP contribution in [-0.2, 0) is 4.74 Å². The normalized spacial score (nSPS) is 14.4. The SMILES string of the molecule is CCNC(=NCC(O)COCC(C)C)NCC(C)Sc1ccccc1. The minimum atomic E-state index is -0.578. The summed E-state index contributed by atoms with van der Waals surface area (Å²) in [5.41, 5.74) is 0. The maximum absolute atomic E-state index is 9.96. The number of ether oxygens (including phenoxy) is 1. The Morgan fingerprint density at radius 1 is 1.16 bits per heavy atom. The molecule has 2 unspecified atom stereocenters. The molecule has 0 radical (unpaired) electrons. The van der Waals surface area contributed by atoms with Gasteiger partial charge in [0.2, 0.25) is 0 Å². The lowest BCUT2D eigenvalue weighted by atomic mass is 10.2. The zero-order valence-electron chi connectivity index (χ0n) is 15.9. The van der Waals surface area contributed by atoms with Gasteiger partial charge in [0.25, 0.3) is 0 Å². The van der Waals surface area contributed by atoms with Crippen molar-refractivity contribution in [1.82, 2.24) is 10.6 Å². The van der Waals surface area contributed by atoms with Gasteiger partial charge in [0, 0.05) is 29.8 Å². The van der Waals surface area contributed by atoms with E-state index in [9.17, 15) is 5.11 Å². The molecular formula is C19H33N3O2S. The molecule has 0 aromatic heterocycles. The van der Waals surface area contributed by atoms with E-state index in [0.29, 0.717) is 30.9 Å². The maximum Gasteiger partial charge on any atom is 0.191 e. The lowest BCUT2D eigenvalue weighted by Gasteiger charge is -2.16. The van der Waals surface area contributed by atoms with Crippen molar-refractivity contribution in [3.63, 3.8) is 0 Å². The molecule has 0 saturated carbocycles. The van der Waals surface area contributed by atoms with Gasteiger partial charge >= 0.3 is 0 Å². The smallest absolute Gasteiger partial charge is 0.191 e. The first-order valence-electron chi connectivity index (χ1n) is 9.01. The first kappa shape index (κ1) is 21.8. The summed E-state index contributed by atoms with van der Waals surface area (Å²) < 4.78 is 5.45. The average Bonchev–Trinajstić information content (AvgIpc) is 2.58. The van der Waals surface area contributed by atoms with Crippen LogP contribution in [-0.4, -0.2) is 55.3 Å². The third-order valence-electron chi connectivity index (χ3n) is 3.20. The van der Waals surface area contributed by atoms with Crippen molar-refractivity contribution in [3.8, 4) is 0 Å². The Kier molecular flexibility index (Phi) is 11.4. The second kappa shape index (κ2) is 13.0. The van der Waals surface area contributed by atoms with E-state index < -0.39 is 6.10 Å². The van der Waals surface area contributed by atoms with E-state index >= 15 is 0 Å². The lowest BCUT2D eigenvalue weighted by Crippen LogP contribution is -2.40. The maximum atomic E-state index is 9.96. The molecule has 0 bridgehead atoms. The number of aliphatic hydroxyl groups excluding tert-OH is 1. The Balaban J connectivity index is 2.36. The van der Waals surface area contributed by atoms with Crippen molar-refractivity contribution >= 4 is 17.7 Å². The number of aliphatic hydroxyl groups is 1. The Morgan fingerprint density at radius 3 is 2.52 bits per heavy atom. The van der Waals surface area contributed by atoms with Gasteiger partial charge in [-0.1, -0.05) is 39.0 Å². The molecule has 1 rings (SSSR count). The largest absolute Gasteiger partial charge is 0.389 e. The summed E-state index contributed by atoms with van der Waals surface area (Å²) in [7, 11) is 0. The van der Waals surface area contributed by atoms with Crippen LogP contribution in [0.2, 0.25) is 0 Å². The zero-order valence-corrected chi connectivity index (χ0v) is 16.7. The number of aliphatic imine (C=N–C) groups is 1. The molecular weight excluding hydrogens is 334 g/mol. The topological polar surface area (TPSA) is 65.9 Å². The molecule has 3 N–H and O–H groups in total. The molecule has 0 spiro atoms. The van der Waals surface area contributed by atoms with Crippen LogP contribution in [0.4, 0.5) is 0 Å². The Labute approximate surface area is 156 Å². The van der Waals surface area contributed by atoms with Crippen LogP contribution >= 0.6 is 11.8 Å². The van der Waals surface area contributed by atoms with Crippen LogP contribution in [0.1, 0.15) is 27.7 Å². The Morgan fingerprint density at radius 2 is 1.88 bits per heavy atom. The predicted octanol–water partition coefficient (Wildman–Crippen LogP) is 2.76. The van der Waals surface area contributed by atoms with Crippen molar-refractivity contribution in [2.45, 2.75) is 43.9 Å². The second-order valence-corrected chi connectivity index (χ2v) is 7.94. The molecule has 25 heavy (non-hydrogen) atoms. The van der Waals surface area contributed by atoms with Crippen molar-refractivity contribution in [3.05, 3.63) is 30.3 Å². The molecule has 2 atom stereocenters. The summed E-state index contributed by atoms with van der Waals surface area (Å²) in [6.07, 6.45) is -0.578. The summed E-state index contributed by atoms with van der Waals surface area (Å²) in [6, 6.07) is 10.4. The van der Waals surface area contributed by atoms with E-state index in [1.165, 1.54) is 4.90 Å². The van der Waals surface area contributed by atoms with Gasteiger partial charge in [0.15, 0.2) is 5.96 Å². The highest BCUT2D eigenvalue weighted by Gasteiger charge is 2.08. The molecule has 142 valence electrons. The minimum absolute atomic E-state index is 0.321. The molecule has 1 aromatic rings. The first-order chi connectivity index (χ1) is 12.0. The van der Waals surface area contributed by atoms with Gasteiger partial charge in [-0.05, 0) is 25.0 Å². The number of hydrogen-bond acceptors (Lipinski definition) is 4. The molecule has 0 fully saturated rings. The number of thioether (sulfide) groups is 1. The number of rotatable bonds is 11. The fourth-order valence-corrected chi connectivity index (χ4v) is 2.99. The number of guanidine groups is 1. The van der Waals surface area contributed by atoms with Gasteiger partial charge in [-0.2, -0.15) is 0 Å². The highest BCUT2D eigenvalue weighted by molar-refractivity contribution is 8.00. The van der Waals surface area contributed by atoms with E-state index in [1.54, 1.807) is 0 Å². The van der Waals surface area contributed by atoms with E-state index in [4.69, 9.17) is 4.74 Å². The van der Waals surface area contributed by atoms with Crippen LogP contribution in [0.25, 0.3) is 0 Å². The summed E-state index contributed by atoms with van der Waals surface area (Å²) >= 11 is 1.83. The highest BCUT2D eigenvalue weighted by atomic mass is 32.2. The van der Waals surface area contributed by atoms with Crippen LogP contribution in [0.15, 0.2) is 40.2 Å². The number of hydrogen-bond donors (Lipinski definition) is 3. The van der Waals surface area contributed by atoms with Crippen LogP contribution < -0.4 is 10.6 Å². The molecule has 1 aromatic carbocycles. The summed E-state index contributed by atoms with van der Waals surface area (Å²) in [6.45, 7) is 11.3. The Bertz CT molecular complexity index is 483. The first-order valence-corrected chi connectivity index (χ1v) is 9.88. The van der Waals surface area contributed by atoms with E-state index in [1.807, 2.05) is 24.8 Å². The molecule has 0 amide bonds.